The summed E-state index contributed by atoms with van der Waals surface area (Å²) >= 11 is 0. The first-order valence-electron chi connectivity index (χ1n) is 6.95. The minimum Gasteiger partial charge on any atom is -0.207 e. The van der Waals surface area contributed by atoms with Crippen LogP contribution in [-0.4, -0.2) is 25.8 Å². The molecule has 5 heteroatoms. The summed E-state index contributed by atoms with van der Waals surface area (Å²) in [5, 5.41) is 8.92. The van der Waals surface area contributed by atoms with Crippen molar-refractivity contribution in [3.8, 4) is 6.07 Å². The van der Waals surface area contributed by atoms with Crippen LogP contribution in [0, 0.1) is 18.3 Å². The maximum absolute atomic E-state index is 12.6. The third-order valence-electron chi connectivity index (χ3n) is 4.08. The lowest BCUT2D eigenvalue weighted by atomic mass is 9.96. The van der Waals surface area contributed by atoms with Gasteiger partial charge in [0.05, 0.1) is 16.5 Å². The standard InChI is InChI=1S/C15H20N2O2S/c1-12-10-15(9-8-13(12)11-16)20(18,19)17(2)14-6-4-3-5-7-14/h8-10,14H,3-7H2,1-2H3. The second-order valence-electron chi connectivity index (χ2n) is 5.40. The van der Waals surface area contributed by atoms with Crippen LogP contribution in [0.4, 0.5) is 0 Å². The van der Waals surface area contributed by atoms with Crippen LogP contribution in [0.1, 0.15) is 43.2 Å². The van der Waals surface area contributed by atoms with Crippen LogP contribution in [0.3, 0.4) is 0 Å². The molecule has 1 aromatic rings. The number of hydrogen-bond acceptors (Lipinski definition) is 3. The largest absolute Gasteiger partial charge is 0.243 e. The molecule has 1 fully saturated rings. The molecule has 0 aliphatic heterocycles. The summed E-state index contributed by atoms with van der Waals surface area (Å²) in [6.07, 6.45) is 5.25. The number of benzene rings is 1. The Balaban J connectivity index is 2.30. The van der Waals surface area contributed by atoms with Crippen LogP contribution in [0.2, 0.25) is 0 Å². The van der Waals surface area contributed by atoms with Gasteiger partial charge in [0, 0.05) is 13.1 Å². The molecule has 2 rings (SSSR count). The fourth-order valence-electron chi connectivity index (χ4n) is 2.73. The zero-order valence-corrected chi connectivity index (χ0v) is 12.8. The van der Waals surface area contributed by atoms with Gasteiger partial charge < -0.3 is 0 Å². The fraction of sp³-hybridized carbons (Fsp3) is 0.533. The van der Waals surface area contributed by atoms with Gasteiger partial charge in [-0.1, -0.05) is 19.3 Å². The van der Waals surface area contributed by atoms with Crippen LogP contribution in [0.25, 0.3) is 0 Å². The second-order valence-corrected chi connectivity index (χ2v) is 7.40. The number of hydrogen-bond donors (Lipinski definition) is 0. The number of rotatable bonds is 3. The highest BCUT2D eigenvalue weighted by Gasteiger charge is 2.29. The average molecular weight is 292 g/mol. The molecule has 20 heavy (non-hydrogen) atoms. The Kier molecular flexibility index (Phi) is 4.46. The maximum atomic E-state index is 12.6. The van der Waals surface area contributed by atoms with Gasteiger partial charge in [0.15, 0.2) is 0 Å². The average Bonchev–Trinajstić information content (AvgIpc) is 2.47. The van der Waals surface area contributed by atoms with Gasteiger partial charge in [0.1, 0.15) is 0 Å². The second kappa shape index (κ2) is 5.94. The van der Waals surface area contributed by atoms with Gasteiger partial charge in [-0.15, -0.1) is 0 Å². The molecule has 0 saturated heterocycles. The van der Waals surface area contributed by atoms with Crippen LogP contribution >= 0.6 is 0 Å². The summed E-state index contributed by atoms with van der Waals surface area (Å²) in [6, 6.07) is 6.86. The molecule has 0 radical (unpaired) electrons. The number of sulfonamides is 1. The van der Waals surface area contributed by atoms with Gasteiger partial charge in [0.25, 0.3) is 0 Å². The fourth-order valence-corrected chi connectivity index (χ4v) is 4.23. The van der Waals surface area contributed by atoms with Gasteiger partial charge in [-0.3, -0.25) is 0 Å². The first kappa shape index (κ1) is 15.0. The molecule has 0 heterocycles. The maximum Gasteiger partial charge on any atom is 0.243 e. The smallest absolute Gasteiger partial charge is 0.207 e. The van der Waals surface area contributed by atoms with E-state index in [0.717, 1.165) is 25.7 Å². The Labute approximate surface area is 121 Å². The molecule has 108 valence electrons. The van der Waals surface area contributed by atoms with Crippen LogP contribution in [-0.2, 0) is 10.0 Å². The molecule has 0 unspecified atom stereocenters. The van der Waals surface area contributed by atoms with Crippen molar-refractivity contribution in [3.05, 3.63) is 29.3 Å². The molecule has 1 aliphatic rings. The number of nitrogens with zero attached hydrogens (tertiary/aromatic N) is 2. The minimum atomic E-state index is -3.46. The summed E-state index contributed by atoms with van der Waals surface area (Å²) in [4.78, 5) is 0.280. The monoisotopic (exact) mass is 292 g/mol. The highest BCUT2D eigenvalue weighted by molar-refractivity contribution is 7.89. The van der Waals surface area contributed by atoms with E-state index in [2.05, 4.69) is 6.07 Å². The molecular formula is C15H20N2O2S. The third kappa shape index (κ3) is 2.87. The van der Waals surface area contributed by atoms with Gasteiger partial charge in [-0.2, -0.15) is 9.57 Å². The summed E-state index contributed by atoms with van der Waals surface area (Å²) in [5.74, 6) is 0. The van der Waals surface area contributed by atoms with Crippen molar-refractivity contribution in [2.45, 2.75) is 50.0 Å². The Hall–Kier alpha value is -1.38. The first-order valence-corrected chi connectivity index (χ1v) is 8.39. The zero-order chi connectivity index (χ0) is 14.8. The van der Waals surface area contributed by atoms with Crippen molar-refractivity contribution in [3.63, 3.8) is 0 Å². The molecule has 1 aromatic carbocycles. The van der Waals surface area contributed by atoms with E-state index in [1.165, 1.54) is 16.8 Å². The Morgan fingerprint density at radius 3 is 2.45 bits per heavy atom. The van der Waals surface area contributed by atoms with Gasteiger partial charge in [-0.05, 0) is 43.5 Å². The van der Waals surface area contributed by atoms with Gasteiger partial charge in [-0.25, -0.2) is 8.42 Å². The lowest BCUT2D eigenvalue weighted by molar-refractivity contribution is 0.286. The molecule has 0 aromatic heterocycles. The van der Waals surface area contributed by atoms with Crippen LogP contribution in [0.5, 0.6) is 0 Å². The quantitative estimate of drug-likeness (QED) is 0.860. The van der Waals surface area contributed by atoms with E-state index in [1.807, 2.05) is 0 Å². The Bertz CT molecular complexity index is 626. The summed E-state index contributed by atoms with van der Waals surface area (Å²) in [7, 11) is -1.80. The van der Waals surface area contributed by atoms with Crippen molar-refractivity contribution >= 4 is 10.0 Å². The molecule has 0 amide bonds. The molecular weight excluding hydrogens is 272 g/mol. The van der Waals surface area contributed by atoms with Crippen molar-refractivity contribution in [1.82, 2.24) is 4.31 Å². The molecule has 0 bridgehead atoms. The number of nitriles is 1. The topological polar surface area (TPSA) is 61.2 Å². The lowest BCUT2D eigenvalue weighted by Crippen LogP contribution is -2.38. The van der Waals surface area contributed by atoms with Crippen LogP contribution < -0.4 is 0 Å². The van der Waals surface area contributed by atoms with Crippen LogP contribution in [0.15, 0.2) is 23.1 Å². The van der Waals surface area contributed by atoms with Crippen molar-refractivity contribution in [2.75, 3.05) is 7.05 Å². The van der Waals surface area contributed by atoms with Crippen molar-refractivity contribution in [2.24, 2.45) is 0 Å². The Morgan fingerprint density at radius 1 is 1.25 bits per heavy atom. The number of aryl methyl sites for hydroxylation is 1. The normalized spacial score (nSPS) is 17.1. The molecule has 1 aliphatic carbocycles. The molecule has 0 spiro atoms. The van der Waals surface area contributed by atoms with E-state index in [1.54, 1.807) is 26.1 Å². The van der Waals surface area contributed by atoms with Crippen molar-refractivity contribution < 1.29 is 8.42 Å². The zero-order valence-electron chi connectivity index (χ0n) is 12.0. The van der Waals surface area contributed by atoms with E-state index in [-0.39, 0.29) is 10.9 Å². The predicted molar refractivity (Wildman–Crippen MR) is 77.7 cm³/mol. The lowest BCUT2D eigenvalue weighted by Gasteiger charge is -2.30. The summed E-state index contributed by atoms with van der Waals surface area (Å²) in [5.41, 5.74) is 1.22. The van der Waals surface area contributed by atoms with E-state index < -0.39 is 10.0 Å². The molecule has 0 N–H and O–H groups in total. The van der Waals surface area contributed by atoms with E-state index in [0.29, 0.717) is 11.1 Å². The molecule has 1 saturated carbocycles. The van der Waals surface area contributed by atoms with Crippen molar-refractivity contribution in [1.29, 1.82) is 5.26 Å². The predicted octanol–water partition coefficient (Wildman–Crippen LogP) is 2.82. The SMILES string of the molecule is Cc1cc(S(=O)(=O)N(C)C2CCCCC2)ccc1C#N. The van der Waals surface area contributed by atoms with E-state index in [9.17, 15) is 8.42 Å². The highest BCUT2D eigenvalue weighted by atomic mass is 32.2. The minimum absolute atomic E-state index is 0.102. The summed E-state index contributed by atoms with van der Waals surface area (Å²) in [6.45, 7) is 1.76. The van der Waals surface area contributed by atoms with Gasteiger partial charge >= 0.3 is 0 Å². The third-order valence-corrected chi connectivity index (χ3v) is 5.99. The molecule has 4 nitrogen and oxygen atoms in total. The summed E-state index contributed by atoms with van der Waals surface area (Å²) < 4.78 is 26.8. The molecule has 0 atom stereocenters. The van der Waals surface area contributed by atoms with E-state index in [4.69, 9.17) is 5.26 Å². The first-order chi connectivity index (χ1) is 9.46. The van der Waals surface area contributed by atoms with E-state index >= 15 is 0 Å². The highest BCUT2D eigenvalue weighted by Crippen LogP contribution is 2.27. The van der Waals surface area contributed by atoms with Gasteiger partial charge in [0.2, 0.25) is 10.0 Å². The Morgan fingerprint density at radius 2 is 1.90 bits per heavy atom.